The predicted octanol–water partition coefficient (Wildman–Crippen LogP) is 4.43. The molecule has 20 heavy (non-hydrogen) atoms. The maximum atomic E-state index is 12.1. The Balaban J connectivity index is 2.77. The maximum absolute atomic E-state index is 12.1. The highest BCUT2D eigenvalue weighted by Crippen LogP contribution is 2.32. The van der Waals surface area contributed by atoms with Crippen molar-refractivity contribution >= 4 is 5.78 Å². The molecule has 0 aromatic rings. The van der Waals surface area contributed by atoms with E-state index in [0.717, 1.165) is 12.8 Å². The molecular formula is C18H28O2. The minimum absolute atomic E-state index is 0.103. The summed E-state index contributed by atoms with van der Waals surface area (Å²) in [7, 11) is 0. The molecule has 0 spiro atoms. The molecule has 1 aliphatic heterocycles. The summed E-state index contributed by atoms with van der Waals surface area (Å²) in [6, 6.07) is 0. The Morgan fingerprint density at radius 2 is 2.15 bits per heavy atom. The van der Waals surface area contributed by atoms with Gasteiger partial charge >= 0.3 is 0 Å². The number of allylic oxidation sites excluding steroid dienone is 1. The first-order valence-electron chi connectivity index (χ1n) is 7.80. The SMILES string of the molecule is CC#C[C@@]1(CCCCCC)CC(=O)C[C@H](C=C(C)C)O1. The molecule has 1 aliphatic rings. The Morgan fingerprint density at radius 1 is 1.40 bits per heavy atom. The van der Waals surface area contributed by atoms with E-state index in [0.29, 0.717) is 12.8 Å². The molecule has 0 unspecified atom stereocenters. The lowest BCUT2D eigenvalue weighted by Crippen LogP contribution is -2.43. The molecule has 112 valence electrons. The summed E-state index contributed by atoms with van der Waals surface area (Å²) in [5.41, 5.74) is 0.642. The number of unbranched alkanes of at least 4 members (excludes halogenated alkanes) is 3. The molecule has 0 N–H and O–H groups in total. The molecule has 0 aromatic heterocycles. The fourth-order valence-corrected chi connectivity index (χ4v) is 2.80. The number of Topliss-reactive ketones (excluding diaryl/α,β-unsaturated/α-hetero) is 1. The minimum atomic E-state index is -0.547. The third-order valence-corrected chi connectivity index (χ3v) is 3.59. The van der Waals surface area contributed by atoms with Gasteiger partial charge in [0.1, 0.15) is 11.4 Å². The highest BCUT2D eigenvalue weighted by Gasteiger charge is 2.38. The average molecular weight is 276 g/mol. The first-order chi connectivity index (χ1) is 9.51. The van der Waals surface area contributed by atoms with E-state index in [2.05, 4.69) is 24.8 Å². The second kappa shape index (κ2) is 8.27. The van der Waals surface area contributed by atoms with Crippen LogP contribution in [0.1, 0.15) is 72.6 Å². The summed E-state index contributed by atoms with van der Waals surface area (Å²) in [5.74, 6) is 6.43. The van der Waals surface area contributed by atoms with Gasteiger partial charge in [-0.25, -0.2) is 0 Å². The van der Waals surface area contributed by atoms with Crippen molar-refractivity contribution in [1.82, 2.24) is 0 Å². The maximum Gasteiger partial charge on any atom is 0.139 e. The van der Waals surface area contributed by atoms with Gasteiger partial charge in [-0.1, -0.05) is 43.8 Å². The highest BCUT2D eigenvalue weighted by atomic mass is 16.5. The van der Waals surface area contributed by atoms with Crippen molar-refractivity contribution in [2.24, 2.45) is 0 Å². The molecule has 2 heteroatoms. The second-order valence-electron chi connectivity index (χ2n) is 6.00. The Labute approximate surface area is 124 Å². The van der Waals surface area contributed by atoms with Crippen LogP contribution in [0.5, 0.6) is 0 Å². The van der Waals surface area contributed by atoms with Gasteiger partial charge in [0.25, 0.3) is 0 Å². The fraction of sp³-hybridized carbons (Fsp3) is 0.722. The van der Waals surface area contributed by atoms with Crippen LogP contribution >= 0.6 is 0 Å². The van der Waals surface area contributed by atoms with E-state index in [1.54, 1.807) is 0 Å². The van der Waals surface area contributed by atoms with Crippen molar-refractivity contribution in [3.63, 3.8) is 0 Å². The zero-order valence-electron chi connectivity index (χ0n) is 13.4. The van der Waals surface area contributed by atoms with Gasteiger partial charge in [0.15, 0.2) is 0 Å². The molecule has 1 saturated heterocycles. The van der Waals surface area contributed by atoms with Gasteiger partial charge < -0.3 is 4.74 Å². The lowest BCUT2D eigenvalue weighted by molar-refractivity contribution is -0.140. The summed E-state index contributed by atoms with van der Waals surface area (Å²) in [6.45, 7) is 8.10. The summed E-state index contributed by atoms with van der Waals surface area (Å²) in [5, 5.41) is 0. The zero-order valence-corrected chi connectivity index (χ0v) is 13.4. The van der Waals surface area contributed by atoms with Crippen LogP contribution in [0.15, 0.2) is 11.6 Å². The molecule has 1 rings (SSSR count). The molecule has 0 amide bonds. The molecule has 0 aromatic carbocycles. The number of rotatable bonds is 6. The molecule has 1 heterocycles. The number of carbonyl (C=O) groups is 1. The monoisotopic (exact) mass is 276 g/mol. The van der Waals surface area contributed by atoms with Crippen molar-refractivity contribution in [2.45, 2.75) is 84.3 Å². The van der Waals surface area contributed by atoms with E-state index < -0.39 is 5.60 Å². The summed E-state index contributed by atoms with van der Waals surface area (Å²) in [6.07, 6.45) is 8.48. The summed E-state index contributed by atoms with van der Waals surface area (Å²) in [4.78, 5) is 12.1. The van der Waals surface area contributed by atoms with Gasteiger partial charge in [0.2, 0.25) is 0 Å². The van der Waals surface area contributed by atoms with Crippen molar-refractivity contribution < 1.29 is 9.53 Å². The van der Waals surface area contributed by atoms with E-state index >= 15 is 0 Å². The van der Waals surface area contributed by atoms with Crippen molar-refractivity contribution in [1.29, 1.82) is 0 Å². The Morgan fingerprint density at radius 3 is 2.75 bits per heavy atom. The molecule has 2 nitrogen and oxygen atoms in total. The van der Waals surface area contributed by atoms with Crippen LogP contribution in [-0.2, 0) is 9.53 Å². The van der Waals surface area contributed by atoms with Crippen LogP contribution in [0.4, 0.5) is 0 Å². The van der Waals surface area contributed by atoms with E-state index in [4.69, 9.17) is 4.74 Å². The summed E-state index contributed by atoms with van der Waals surface area (Å²) < 4.78 is 6.21. The van der Waals surface area contributed by atoms with E-state index in [1.165, 1.54) is 24.8 Å². The number of carbonyl (C=O) groups excluding carboxylic acids is 1. The highest BCUT2D eigenvalue weighted by molar-refractivity contribution is 5.81. The van der Waals surface area contributed by atoms with Crippen molar-refractivity contribution in [2.75, 3.05) is 0 Å². The molecule has 0 radical (unpaired) electrons. The van der Waals surface area contributed by atoms with Crippen molar-refractivity contribution in [3.05, 3.63) is 11.6 Å². The Bertz CT molecular complexity index is 407. The lowest BCUT2D eigenvalue weighted by Gasteiger charge is -2.36. The van der Waals surface area contributed by atoms with Crippen molar-refractivity contribution in [3.8, 4) is 11.8 Å². The first-order valence-corrected chi connectivity index (χ1v) is 7.80. The molecule has 1 fully saturated rings. The number of hydrogen-bond donors (Lipinski definition) is 0. The normalized spacial score (nSPS) is 25.8. The van der Waals surface area contributed by atoms with Crippen LogP contribution in [0.25, 0.3) is 0 Å². The van der Waals surface area contributed by atoms with Gasteiger partial charge in [-0.05, 0) is 33.6 Å². The van der Waals surface area contributed by atoms with Gasteiger partial charge in [-0.2, -0.15) is 0 Å². The van der Waals surface area contributed by atoms with E-state index in [-0.39, 0.29) is 11.9 Å². The van der Waals surface area contributed by atoms with Crippen LogP contribution in [0.3, 0.4) is 0 Å². The average Bonchev–Trinajstić information content (AvgIpc) is 2.33. The minimum Gasteiger partial charge on any atom is -0.354 e. The standard InChI is InChI=1S/C18H28O2/c1-5-7-8-9-11-18(10-6-2)14-16(19)13-17(20-18)12-15(3)4/h12,17H,5,7-9,11,13-14H2,1-4H3/t17-,18+/m0/s1. The van der Waals surface area contributed by atoms with Crippen LogP contribution in [0.2, 0.25) is 0 Å². The molecule has 2 atom stereocenters. The molecule has 0 aliphatic carbocycles. The molecule has 0 bridgehead atoms. The van der Waals surface area contributed by atoms with Crippen LogP contribution in [0, 0.1) is 11.8 Å². The third-order valence-electron chi connectivity index (χ3n) is 3.59. The van der Waals surface area contributed by atoms with Gasteiger partial charge in [0.05, 0.1) is 6.10 Å². The van der Waals surface area contributed by atoms with Gasteiger partial charge in [0, 0.05) is 12.8 Å². The predicted molar refractivity (Wildman–Crippen MR) is 83.5 cm³/mol. The zero-order chi connectivity index (χ0) is 15.0. The number of hydrogen-bond acceptors (Lipinski definition) is 2. The topological polar surface area (TPSA) is 26.3 Å². The van der Waals surface area contributed by atoms with Crippen LogP contribution < -0.4 is 0 Å². The lowest BCUT2D eigenvalue weighted by atomic mass is 9.86. The smallest absolute Gasteiger partial charge is 0.139 e. The largest absolute Gasteiger partial charge is 0.354 e. The van der Waals surface area contributed by atoms with E-state index in [1.807, 2.05) is 20.8 Å². The molecule has 0 saturated carbocycles. The van der Waals surface area contributed by atoms with Crippen LogP contribution in [-0.4, -0.2) is 17.5 Å². The Kier molecular flexibility index (Phi) is 7.02. The van der Waals surface area contributed by atoms with E-state index in [9.17, 15) is 4.79 Å². The summed E-state index contributed by atoms with van der Waals surface area (Å²) >= 11 is 0. The van der Waals surface area contributed by atoms with Gasteiger partial charge in [-0.15, -0.1) is 5.92 Å². The number of ether oxygens (including phenoxy) is 1. The quantitative estimate of drug-likeness (QED) is 0.407. The second-order valence-corrected chi connectivity index (χ2v) is 6.00. The number of ketones is 1. The third kappa shape index (κ3) is 5.51. The molecular weight excluding hydrogens is 248 g/mol. The fourth-order valence-electron chi connectivity index (χ4n) is 2.80. The van der Waals surface area contributed by atoms with Gasteiger partial charge in [-0.3, -0.25) is 4.79 Å². The first kappa shape index (κ1) is 17.0. The Hall–Kier alpha value is -1.07.